The van der Waals surface area contributed by atoms with E-state index in [1.165, 1.54) is 0 Å². The van der Waals surface area contributed by atoms with E-state index in [0.717, 1.165) is 19.3 Å². The molecule has 1 atom stereocenters. The Morgan fingerprint density at radius 1 is 1.14 bits per heavy atom. The summed E-state index contributed by atoms with van der Waals surface area (Å²) < 4.78 is 11.1. The molecule has 0 amide bonds. The van der Waals surface area contributed by atoms with E-state index in [1.54, 1.807) is 12.1 Å². The maximum atomic E-state index is 12.0. The number of ether oxygens (including phenoxy) is 2. The lowest BCUT2D eigenvalue weighted by molar-refractivity contribution is 0.0548. The van der Waals surface area contributed by atoms with Gasteiger partial charge in [0, 0.05) is 0 Å². The van der Waals surface area contributed by atoms with Crippen molar-refractivity contribution in [2.75, 3.05) is 6.61 Å². The highest BCUT2D eigenvalue weighted by Gasteiger charge is 2.09. The zero-order chi connectivity index (χ0) is 16.2. The van der Waals surface area contributed by atoms with Gasteiger partial charge in [0.15, 0.2) is 0 Å². The third-order valence-electron chi connectivity index (χ3n) is 3.06. The molecule has 3 nitrogen and oxygen atoms in total. The number of rotatable bonds is 9. The quantitative estimate of drug-likeness (QED) is 0.479. The normalized spacial score (nSPS) is 12.7. The molecule has 1 unspecified atom stereocenters. The number of esters is 1. The smallest absolute Gasteiger partial charge is 0.338 e. The molecule has 1 aromatic carbocycles. The van der Waals surface area contributed by atoms with Gasteiger partial charge in [0.2, 0.25) is 0 Å². The summed E-state index contributed by atoms with van der Waals surface area (Å²) in [6.07, 6.45) is 10.8. The van der Waals surface area contributed by atoms with Gasteiger partial charge in [0.05, 0.1) is 5.56 Å². The van der Waals surface area contributed by atoms with E-state index in [2.05, 4.69) is 26.0 Å². The van der Waals surface area contributed by atoms with Crippen LogP contribution in [-0.4, -0.2) is 18.7 Å². The van der Waals surface area contributed by atoms with E-state index >= 15 is 0 Å². The second kappa shape index (κ2) is 10.7. The van der Waals surface area contributed by atoms with Gasteiger partial charge in [-0.2, -0.15) is 0 Å². The van der Waals surface area contributed by atoms with Crippen LogP contribution in [0, 0.1) is 0 Å². The van der Waals surface area contributed by atoms with Crippen molar-refractivity contribution in [3.05, 3.63) is 54.1 Å². The minimum absolute atomic E-state index is 0.0266. The molecule has 0 N–H and O–H groups in total. The molecule has 3 heteroatoms. The Hall–Kier alpha value is -2.03. The molecule has 0 radical (unpaired) electrons. The first-order valence-electron chi connectivity index (χ1n) is 7.96. The lowest BCUT2D eigenvalue weighted by Crippen LogP contribution is -2.12. The van der Waals surface area contributed by atoms with Crippen molar-refractivity contribution in [3.63, 3.8) is 0 Å². The summed E-state index contributed by atoms with van der Waals surface area (Å²) in [5.74, 6) is 0.356. The van der Waals surface area contributed by atoms with Gasteiger partial charge in [-0.3, -0.25) is 0 Å². The number of carbonyl (C=O) groups is 1. The summed E-state index contributed by atoms with van der Waals surface area (Å²) in [7, 11) is 0. The molecule has 0 aliphatic rings. The van der Waals surface area contributed by atoms with E-state index in [-0.39, 0.29) is 12.1 Å². The number of hydrogen-bond acceptors (Lipinski definition) is 3. The van der Waals surface area contributed by atoms with Gasteiger partial charge in [0.1, 0.15) is 18.5 Å². The third-order valence-corrected chi connectivity index (χ3v) is 3.06. The first-order chi connectivity index (χ1) is 10.7. The molecule has 1 aromatic rings. The van der Waals surface area contributed by atoms with Crippen LogP contribution in [0.5, 0.6) is 5.75 Å². The molecule has 1 rings (SSSR count). The Morgan fingerprint density at radius 3 is 2.59 bits per heavy atom. The van der Waals surface area contributed by atoms with Gasteiger partial charge in [-0.15, -0.1) is 0 Å². The number of benzene rings is 1. The monoisotopic (exact) mass is 302 g/mol. The number of carbonyl (C=O) groups excluding carboxylic acids is 1. The van der Waals surface area contributed by atoms with Gasteiger partial charge in [-0.05, 0) is 43.5 Å². The lowest BCUT2D eigenvalue weighted by atomic mass is 10.2. The van der Waals surface area contributed by atoms with Crippen LogP contribution in [-0.2, 0) is 4.74 Å². The van der Waals surface area contributed by atoms with E-state index in [9.17, 15) is 4.79 Å². The number of allylic oxidation sites excluding steroid dienone is 2. The van der Waals surface area contributed by atoms with Crippen LogP contribution < -0.4 is 4.74 Å². The fourth-order valence-electron chi connectivity index (χ4n) is 1.86. The fourth-order valence-corrected chi connectivity index (χ4v) is 1.86. The van der Waals surface area contributed by atoms with E-state index in [4.69, 9.17) is 9.47 Å². The molecule has 22 heavy (non-hydrogen) atoms. The highest BCUT2D eigenvalue weighted by molar-refractivity contribution is 5.89. The Labute approximate surface area is 133 Å². The molecule has 0 saturated carbocycles. The van der Waals surface area contributed by atoms with Gasteiger partial charge in [0.25, 0.3) is 0 Å². The summed E-state index contributed by atoms with van der Waals surface area (Å²) in [5, 5.41) is 0. The largest absolute Gasteiger partial charge is 0.486 e. The van der Waals surface area contributed by atoms with Gasteiger partial charge in [-0.1, -0.05) is 45.1 Å². The van der Waals surface area contributed by atoms with Crippen molar-refractivity contribution in [2.24, 2.45) is 0 Å². The highest BCUT2D eigenvalue weighted by Crippen LogP contribution is 2.17. The molecule has 0 spiro atoms. The zero-order valence-electron chi connectivity index (χ0n) is 13.7. The molecule has 0 saturated heterocycles. The molecule has 0 heterocycles. The van der Waals surface area contributed by atoms with Crippen molar-refractivity contribution in [3.8, 4) is 5.75 Å². The van der Waals surface area contributed by atoms with E-state index in [0.29, 0.717) is 17.9 Å². The van der Waals surface area contributed by atoms with Crippen molar-refractivity contribution < 1.29 is 14.3 Å². The van der Waals surface area contributed by atoms with Gasteiger partial charge < -0.3 is 9.47 Å². The van der Waals surface area contributed by atoms with Crippen LogP contribution >= 0.6 is 0 Å². The van der Waals surface area contributed by atoms with E-state index < -0.39 is 0 Å². The first kappa shape index (κ1) is 18.0. The molecular formula is C19H26O3. The van der Waals surface area contributed by atoms with Crippen molar-refractivity contribution >= 4 is 5.97 Å². The molecule has 120 valence electrons. The van der Waals surface area contributed by atoms with Crippen LogP contribution in [0.2, 0.25) is 0 Å². The van der Waals surface area contributed by atoms with Crippen LogP contribution in [0.1, 0.15) is 50.4 Å². The standard InChI is InChI=1S/C19H26O3/c1-4-7-9-14-21-19(20)16-11-10-13-18(15-16)22-17(6-3)12-8-5-2/h7-13,15,17H,4-6,14H2,1-3H3/b9-7-,12-8-. The summed E-state index contributed by atoms with van der Waals surface area (Å²) >= 11 is 0. The second-order valence-corrected chi connectivity index (χ2v) is 4.91. The maximum Gasteiger partial charge on any atom is 0.338 e. The average Bonchev–Trinajstić information content (AvgIpc) is 2.55. The lowest BCUT2D eigenvalue weighted by Gasteiger charge is -2.14. The molecule has 0 aromatic heterocycles. The Morgan fingerprint density at radius 2 is 1.91 bits per heavy atom. The Balaban J connectivity index is 2.66. The number of hydrogen-bond donors (Lipinski definition) is 0. The molecular weight excluding hydrogens is 276 g/mol. The Bertz CT molecular complexity index is 503. The van der Waals surface area contributed by atoms with Crippen LogP contribution in [0.15, 0.2) is 48.6 Å². The van der Waals surface area contributed by atoms with Crippen molar-refractivity contribution in [1.29, 1.82) is 0 Å². The Kier molecular flexibility index (Phi) is 8.73. The summed E-state index contributed by atoms with van der Waals surface area (Å²) in [5.41, 5.74) is 0.511. The minimum Gasteiger partial charge on any atom is -0.486 e. The summed E-state index contributed by atoms with van der Waals surface area (Å²) in [6.45, 7) is 6.50. The first-order valence-corrected chi connectivity index (χ1v) is 7.96. The van der Waals surface area contributed by atoms with E-state index in [1.807, 2.05) is 31.2 Å². The predicted molar refractivity (Wildman–Crippen MR) is 90.3 cm³/mol. The average molecular weight is 302 g/mol. The molecule has 0 aliphatic heterocycles. The van der Waals surface area contributed by atoms with Crippen LogP contribution in [0.25, 0.3) is 0 Å². The second-order valence-electron chi connectivity index (χ2n) is 4.91. The van der Waals surface area contributed by atoms with Crippen molar-refractivity contribution in [2.45, 2.75) is 46.1 Å². The third kappa shape index (κ3) is 6.61. The minimum atomic E-state index is -0.330. The molecule has 0 fully saturated rings. The SMILES string of the molecule is CC/C=C\COC(=O)c1cccc(OC(/C=C\CC)CC)c1. The fraction of sp³-hybridized carbons (Fsp3) is 0.421. The van der Waals surface area contributed by atoms with Crippen LogP contribution in [0.4, 0.5) is 0 Å². The summed E-state index contributed by atoms with van der Waals surface area (Å²) in [6, 6.07) is 7.14. The zero-order valence-corrected chi connectivity index (χ0v) is 13.7. The topological polar surface area (TPSA) is 35.5 Å². The highest BCUT2D eigenvalue weighted by atomic mass is 16.5. The van der Waals surface area contributed by atoms with Crippen LogP contribution in [0.3, 0.4) is 0 Å². The molecule has 0 bridgehead atoms. The predicted octanol–water partition coefficient (Wildman–Crippen LogP) is 4.93. The summed E-state index contributed by atoms with van der Waals surface area (Å²) in [4.78, 5) is 12.0. The van der Waals surface area contributed by atoms with Gasteiger partial charge in [-0.25, -0.2) is 4.79 Å². The maximum absolute atomic E-state index is 12.0. The molecule has 0 aliphatic carbocycles. The van der Waals surface area contributed by atoms with Crippen molar-refractivity contribution in [1.82, 2.24) is 0 Å². The van der Waals surface area contributed by atoms with Gasteiger partial charge >= 0.3 is 5.97 Å².